The molecule has 12 nitrogen and oxygen atoms in total. The second-order valence-electron chi connectivity index (χ2n) is 10.5. The second-order valence-corrected chi connectivity index (χ2v) is 10.5. The Morgan fingerprint density at radius 1 is 0.952 bits per heavy atom. The third kappa shape index (κ3) is 4.49. The number of aromatic hydroxyl groups is 1. The van der Waals surface area contributed by atoms with E-state index in [1.165, 1.54) is 6.07 Å². The van der Waals surface area contributed by atoms with E-state index in [2.05, 4.69) is 10.3 Å². The van der Waals surface area contributed by atoms with Crippen molar-refractivity contribution in [3.8, 4) is 28.4 Å². The number of hydrogen-bond donors (Lipinski definition) is 6. The zero-order valence-corrected chi connectivity index (χ0v) is 23.2. The van der Waals surface area contributed by atoms with Crippen LogP contribution in [0.5, 0.6) is 17.2 Å². The number of H-pyrrole nitrogens is 1. The van der Waals surface area contributed by atoms with Gasteiger partial charge in [0.2, 0.25) is 0 Å². The predicted molar refractivity (Wildman–Crippen MR) is 153 cm³/mol. The molecule has 2 aliphatic rings. The zero-order chi connectivity index (χ0) is 29.9. The highest BCUT2D eigenvalue weighted by atomic mass is 16.6. The minimum Gasteiger partial charge on any atom is -0.508 e. The van der Waals surface area contributed by atoms with Crippen LogP contribution in [0.25, 0.3) is 32.9 Å². The Morgan fingerprint density at radius 2 is 1.64 bits per heavy atom. The average Bonchev–Trinajstić information content (AvgIpc) is 3.49. The molecule has 4 aromatic rings. The Bertz CT molecular complexity index is 1730. The molecule has 0 fully saturated rings. The maximum atomic E-state index is 13.3. The number of phenolic OH excluding ortho intramolecular Hbond substituents is 1. The van der Waals surface area contributed by atoms with Crippen molar-refractivity contribution in [2.45, 2.75) is 38.4 Å². The fourth-order valence-corrected chi connectivity index (χ4v) is 5.64. The van der Waals surface area contributed by atoms with Crippen molar-refractivity contribution < 1.29 is 44.2 Å². The van der Waals surface area contributed by atoms with Crippen LogP contribution in [0.2, 0.25) is 0 Å². The lowest BCUT2D eigenvalue weighted by Gasteiger charge is -2.34. The van der Waals surface area contributed by atoms with Crippen LogP contribution in [0.1, 0.15) is 34.6 Å². The van der Waals surface area contributed by atoms with E-state index in [4.69, 9.17) is 14.2 Å². The van der Waals surface area contributed by atoms with Crippen LogP contribution in [-0.4, -0.2) is 88.6 Å². The fraction of sp³-hybridized carbons (Fsp3) is 0.333. The van der Waals surface area contributed by atoms with Gasteiger partial charge in [0.25, 0.3) is 11.8 Å². The Balaban J connectivity index is 1.53. The number of carbonyl (C=O) groups is 2. The number of aliphatic hydroxyl groups excluding tert-OH is 3. The Kier molecular flexibility index (Phi) is 6.93. The van der Waals surface area contributed by atoms with Crippen LogP contribution in [0.4, 0.5) is 5.69 Å². The van der Waals surface area contributed by atoms with Crippen molar-refractivity contribution in [2.24, 2.45) is 0 Å². The molecule has 0 radical (unpaired) electrons. The SMILES string of the molecule is CC(OC(C)N(C)c1cc2c(cc1-c1cc3[nH]c4ccc(O)cc4c3c3c1C(=O)NC3=O)OCCO2)C(O)C(O)CO. The van der Waals surface area contributed by atoms with Gasteiger partial charge in [0, 0.05) is 40.5 Å². The number of carbonyl (C=O) groups excluding carboxylic acids is 2. The molecule has 0 bridgehead atoms. The van der Waals surface area contributed by atoms with Gasteiger partial charge in [-0.2, -0.15) is 0 Å². The Labute approximate surface area is 240 Å². The number of aromatic nitrogens is 1. The van der Waals surface area contributed by atoms with E-state index in [1.807, 2.05) is 0 Å². The molecule has 42 heavy (non-hydrogen) atoms. The third-order valence-electron chi connectivity index (χ3n) is 7.90. The van der Waals surface area contributed by atoms with Gasteiger partial charge in [0.15, 0.2) is 11.5 Å². The van der Waals surface area contributed by atoms with Crippen LogP contribution in [0, 0.1) is 0 Å². The Hall–Kier alpha value is -4.36. The number of anilines is 1. The Morgan fingerprint density at radius 3 is 2.36 bits per heavy atom. The number of amides is 2. The van der Waals surface area contributed by atoms with E-state index < -0.39 is 43.0 Å². The predicted octanol–water partition coefficient (Wildman–Crippen LogP) is 2.25. The minimum atomic E-state index is -1.37. The zero-order valence-electron chi connectivity index (χ0n) is 23.2. The van der Waals surface area contributed by atoms with Crippen LogP contribution in [0.15, 0.2) is 36.4 Å². The van der Waals surface area contributed by atoms with Gasteiger partial charge in [-0.05, 0) is 49.7 Å². The van der Waals surface area contributed by atoms with Crippen molar-refractivity contribution in [1.29, 1.82) is 0 Å². The number of aromatic amines is 1. The molecule has 4 atom stereocenters. The number of fused-ring (bicyclic) bond motifs is 6. The van der Waals surface area contributed by atoms with E-state index in [0.717, 1.165) is 0 Å². The van der Waals surface area contributed by atoms with Crippen LogP contribution < -0.4 is 19.7 Å². The minimum absolute atomic E-state index is 0.0292. The van der Waals surface area contributed by atoms with Crippen molar-refractivity contribution in [3.63, 3.8) is 0 Å². The number of hydrogen-bond acceptors (Lipinski definition) is 10. The number of ether oxygens (including phenoxy) is 3. The summed E-state index contributed by atoms with van der Waals surface area (Å²) in [7, 11) is 1.76. The summed E-state index contributed by atoms with van der Waals surface area (Å²) in [5, 5.41) is 43.1. The standard InChI is InChI=1S/C30H31N3O9/c1-13(28(37)22(36)12-34)42-14(2)33(3)21-11-24-23(40-6-7-41-24)10-16(21)17-9-20-25(27-26(17)29(38)32-30(27)39)18-8-15(35)4-5-19(18)31-20/h4-5,8-11,13-14,22,28,31,34-37H,6-7,12H2,1-3H3,(H,32,38,39). The molecule has 3 aromatic carbocycles. The summed E-state index contributed by atoms with van der Waals surface area (Å²) in [6, 6.07) is 10.1. The quantitative estimate of drug-likeness (QED) is 0.135. The van der Waals surface area contributed by atoms with Gasteiger partial charge < -0.3 is 44.5 Å². The first-order valence-electron chi connectivity index (χ1n) is 13.6. The van der Waals surface area contributed by atoms with Gasteiger partial charge in [-0.25, -0.2) is 0 Å². The first-order valence-corrected chi connectivity index (χ1v) is 13.6. The summed E-state index contributed by atoms with van der Waals surface area (Å²) in [5.41, 5.74) is 3.28. The summed E-state index contributed by atoms with van der Waals surface area (Å²) in [6.45, 7) is 3.41. The summed E-state index contributed by atoms with van der Waals surface area (Å²) < 4.78 is 17.7. The molecule has 0 aliphatic carbocycles. The first kappa shape index (κ1) is 27.8. The van der Waals surface area contributed by atoms with Crippen molar-refractivity contribution in [1.82, 2.24) is 10.3 Å². The monoisotopic (exact) mass is 577 g/mol. The molecular formula is C30H31N3O9. The highest BCUT2D eigenvalue weighted by molar-refractivity contribution is 6.32. The van der Waals surface area contributed by atoms with Gasteiger partial charge in [-0.1, -0.05) is 0 Å². The van der Waals surface area contributed by atoms with E-state index in [-0.39, 0.29) is 16.9 Å². The summed E-state index contributed by atoms with van der Waals surface area (Å²) in [4.78, 5) is 31.6. The fourth-order valence-electron chi connectivity index (χ4n) is 5.64. The van der Waals surface area contributed by atoms with Crippen molar-refractivity contribution in [2.75, 3.05) is 31.8 Å². The van der Waals surface area contributed by atoms with Gasteiger partial charge in [0.05, 0.1) is 29.5 Å². The van der Waals surface area contributed by atoms with Gasteiger partial charge >= 0.3 is 0 Å². The number of benzene rings is 3. The molecule has 1 aromatic heterocycles. The number of rotatable bonds is 8. The van der Waals surface area contributed by atoms with Crippen molar-refractivity contribution >= 4 is 39.3 Å². The molecule has 6 N–H and O–H groups in total. The number of nitrogens with zero attached hydrogens (tertiary/aromatic N) is 1. The molecule has 0 saturated heterocycles. The molecule has 4 unspecified atom stereocenters. The maximum absolute atomic E-state index is 13.3. The topological polar surface area (TPSA) is 174 Å². The average molecular weight is 578 g/mol. The largest absolute Gasteiger partial charge is 0.508 e. The summed E-state index contributed by atoms with van der Waals surface area (Å²) in [6.07, 6.45) is -4.19. The molecule has 2 aliphatic heterocycles. The number of imide groups is 1. The second kappa shape index (κ2) is 10.5. The smallest absolute Gasteiger partial charge is 0.259 e. The highest BCUT2D eigenvalue weighted by Crippen LogP contribution is 2.46. The lowest BCUT2D eigenvalue weighted by Crippen LogP contribution is -2.44. The van der Waals surface area contributed by atoms with Crippen molar-refractivity contribution in [3.05, 3.63) is 47.5 Å². The number of phenols is 1. The molecule has 3 heterocycles. The molecular weight excluding hydrogens is 546 g/mol. The third-order valence-corrected chi connectivity index (χ3v) is 7.90. The highest BCUT2D eigenvalue weighted by Gasteiger charge is 2.36. The normalized spacial score (nSPS) is 17.2. The molecule has 2 amide bonds. The van der Waals surface area contributed by atoms with Gasteiger partial charge in [-0.3, -0.25) is 14.9 Å². The number of aliphatic hydroxyl groups is 3. The molecule has 0 spiro atoms. The van der Waals surface area contributed by atoms with E-state index in [9.17, 15) is 30.0 Å². The molecule has 0 saturated carbocycles. The first-order chi connectivity index (χ1) is 20.1. The molecule has 6 rings (SSSR count). The summed E-state index contributed by atoms with van der Waals surface area (Å²) >= 11 is 0. The van der Waals surface area contributed by atoms with Gasteiger partial charge in [0.1, 0.15) is 37.4 Å². The van der Waals surface area contributed by atoms with Gasteiger partial charge in [-0.15, -0.1) is 0 Å². The van der Waals surface area contributed by atoms with Crippen LogP contribution >= 0.6 is 0 Å². The lowest BCUT2D eigenvalue weighted by atomic mass is 9.91. The molecule has 12 heteroatoms. The van der Waals surface area contributed by atoms with E-state index >= 15 is 0 Å². The maximum Gasteiger partial charge on any atom is 0.259 e. The van der Waals surface area contributed by atoms with Crippen LogP contribution in [0.3, 0.4) is 0 Å². The number of nitrogens with one attached hydrogen (secondary N) is 2. The lowest BCUT2D eigenvalue weighted by molar-refractivity contribution is -0.112. The van der Waals surface area contributed by atoms with E-state index in [1.54, 1.807) is 56.1 Å². The van der Waals surface area contributed by atoms with Crippen LogP contribution in [-0.2, 0) is 4.74 Å². The molecule has 220 valence electrons. The van der Waals surface area contributed by atoms with E-state index in [0.29, 0.717) is 63.3 Å². The summed E-state index contributed by atoms with van der Waals surface area (Å²) in [5.74, 6) is -0.106.